The lowest BCUT2D eigenvalue weighted by molar-refractivity contribution is -0.123. The van der Waals surface area contributed by atoms with Crippen LogP contribution in [0.3, 0.4) is 0 Å². The molecule has 2 amide bonds. The minimum Gasteiger partial charge on any atom is -0.369 e. The molecule has 1 aromatic carbocycles. The fraction of sp³-hybridized carbons (Fsp3) is 0.500. The number of anilines is 1. The standard InChI is InChI=1S/C20H27N3O2/c21-20(25)17-8-10-23(11-9-17)14-16-6-3-7-18(12-16)22-19(24)13-15-4-1-2-5-15/h1,3-4,6-7,12,15,17H,2,5,8-11,13-14H2,(H2,21,25)(H,22,24)/t15-/m0/s1. The Labute approximate surface area is 149 Å². The van der Waals surface area contributed by atoms with Crippen molar-refractivity contribution >= 4 is 17.5 Å². The number of amides is 2. The molecule has 134 valence electrons. The van der Waals surface area contributed by atoms with E-state index in [-0.39, 0.29) is 17.7 Å². The summed E-state index contributed by atoms with van der Waals surface area (Å²) in [5.41, 5.74) is 7.42. The van der Waals surface area contributed by atoms with Crippen LogP contribution in [0.1, 0.15) is 37.7 Å². The van der Waals surface area contributed by atoms with Crippen molar-refractivity contribution in [2.45, 2.75) is 38.6 Å². The van der Waals surface area contributed by atoms with Crippen molar-refractivity contribution in [3.63, 3.8) is 0 Å². The Balaban J connectivity index is 1.50. The van der Waals surface area contributed by atoms with Gasteiger partial charge in [0.05, 0.1) is 0 Å². The molecule has 0 bridgehead atoms. The van der Waals surface area contributed by atoms with E-state index in [4.69, 9.17) is 5.73 Å². The number of carbonyl (C=O) groups is 2. The number of carbonyl (C=O) groups excluding carboxylic acids is 2. The Bertz CT molecular complexity index is 648. The summed E-state index contributed by atoms with van der Waals surface area (Å²) in [6, 6.07) is 8.04. The highest BCUT2D eigenvalue weighted by Gasteiger charge is 2.23. The molecule has 0 radical (unpaired) electrons. The second-order valence-electron chi connectivity index (χ2n) is 7.17. The fourth-order valence-electron chi connectivity index (χ4n) is 3.70. The molecular formula is C20H27N3O2. The molecule has 1 fully saturated rings. The highest BCUT2D eigenvalue weighted by molar-refractivity contribution is 5.91. The molecule has 1 heterocycles. The molecule has 3 N–H and O–H groups in total. The van der Waals surface area contributed by atoms with E-state index >= 15 is 0 Å². The molecular weight excluding hydrogens is 314 g/mol. The molecule has 1 saturated heterocycles. The van der Waals surface area contributed by atoms with E-state index in [0.717, 1.165) is 51.0 Å². The number of allylic oxidation sites excluding steroid dienone is 2. The number of primary amides is 1. The lowest BCUT2D eigenvalue weighted by Crippen LogP contribution is -2.38. The van der Waals surface area contributed by atoms with Crippen molar-refractivity contribution in [1.29, 1.82) is 0 Å². The fourth-order valence-corrected chi connectivity index (χ4v) is 3.70. The normalized spacial score (nSPS) is 21.4. The molecule has 1 aliphatic carbocycles. The van der Waals surface area contributed by atoms with E-state index < -0.39 is 0 Å². The van der Waals surface area contributed by atoms with Crippen LogP contribution in [-0.4, -0.2) is 29.8 Å². The Morgan fingerprint density at radius 3 is 2.68 bits per heavy atom. The minimum absolute atomic E-state index is 0.0199. The molecule has 1 aliphatic heterocycles. The maximum atomic E-state index is 12.2. The van der Waals surface area contributed by atoms with Crippen LogP contribution in [0.2, 0.25) is 0 Å². The molecule has 0 unspecified atom stereocenters. The van der Waals surface area contributed by atoms with Gasteiger partial charge in [-0.25, -0.2) is 0 Å². The number of nitrogens with zero attached hydrogens (tertiary/aromatic N) is 1. The molecule has 0 saturated carbocycles. The minimum atomic E-state index is -0.179. The van der Waals surface area contributed by atoms with Gasteiger partial charge in [0.2, 0.25) is 11.8 Å². The summed E-state index contributed by atoms with van der Waals surface area (Å²) in [4.78, 5) is 25.8. The van der Waals surface area contributed by atoms with Crippen molar-refractivity contribution in [1.82, 2.24) is 4.90 Å². The lowest BCUT2D eigenvalue weighted by atomic mass is 9.96. The quantitative estimate of drug-likeness (QED) is 0.781. The third-order valence-corrected chi connectivity index (χ3v) is 5.17. The zero-order valence-electron chi connectivity index (χ0n) is 14.6. The highest BCUT2D eigenvalue weighted by atomic mass is 16.2. The van der Waals surface area contributed by atoms with Crippen molar-refractivity contribution in [3.8, 4) is 0 Å². The van der Waals surface area contributed by atoms with Gasteiger partial charge in [0.25, 0.3) is 0 Å². The third-order valence-electron chi connectivity index (χ3n) is 5.17. The van der Waals surface area contributed by atoms with Gasteiger partial charge in [0, 0.05) is 24.6 Å². The van der Waals surface area contributed by atoms with Crippen molar-refractivity contribution in [2.75, 3.05) is 18.4 Å². The first kappa shape index (κ1) is 17.7. The predicted octanol–water partition coefficient (Wildman–Crippen LogP) is 2.68. The van der Waals surface area contributed by atoms with Crippen molar-refractivity contribution in [3.05, 3.63) is 42.0 Å². The lowest BCUT2D eigenvalue weighted by Gasteiger charge is -2.30. The average molecular weight is 341 g/mol. The van der Waals surface area contributed by atoms with E-state index in [0.29, 0.717) is 12.3 Å². The van der Waals surface area contributed by atoms with Gasteiger partial charge in [-0.15, -0.1) is 0 Å². The van der Waals surface area contributed by atoms with Gasteiger partial charge in [0.1, 0.15) is 0 Å². The highest BCUT2D eigenvalue weighted by Crippen LogP contribution is 2.22. The maximum Gasteiger partial charge on any atom is 0.224 e. The Hall–Kier alpha value is -2.14. The number of likely N-dealkylation sites (tertiary alicyclic amines) is 1. The monoisotopic (exact) mass is 341 g/mol. The van der Waals surface area contributed by atoms with E-state index in [9.17, 15) is 9.59 Å². The van der Waals surface area contributed by atoms with Crippen molar-refractivity contribution in [2.24, 2.45) is 17.6 Å². The van der Waals surface area contributed by atoms with Crippen LogP contribution >= 0.6 is 0 Å². The Morgan fingerprint density at radius 2 is 2.00 bits per heavy atom. The van der Waals surface area contributed by atoms with E-state index in [2.05, 4.69) is 28.4 Å². The van der Waals surface area contributed by atoms with Crippen LogP contribution in [0, 0.1) is 11.8 Å². The first-order valence-electron chi connectivity index (χ1n) is 9.17. The molecule has 25 heavy (non-hydrogen) atoms. The Kier molecular flexibility index (Phi) is 5.87. The number of nitrogens with two attached hydrogens (primary N) is 1. The molecule has 0 aromatic heterocycles. The molecule has 5 heteroatoms. The average Bonchev–Trinajstić information content (AvgIpc) is 3.08. The number of hydrogen-bond acceptors (Lipinski definition) is 3. The smallest absolute Gasteiger partial charge is 0.224 e. The number of hydrogen-bond donors (Lipinski definition) is 2. The largest absolute Gasteiger partial charge is 0.369 e. The molecule has 5 nitrogen and oxygen atoms in total. The van der Waals surface area contributed by atoms with Crippen LogP contribution in [0.4, 0.5) is 5.69 Å². The van der Waals surface area contributed by atoms with Gasteiger partial charge >= 0.3 is 0 Å². The second kappa shape index (κ2) is 8.30. The van der Waals surface area contributed by atoms with Crippen LogP contribution in [0.25, 0.3) is 0 Å². The predicted molar refractivity (Wildman–Crippen MR) is 98.7 cm³/mol. The van der Waals surface area contributed by atoms with Gasteiger partial charge in [-0.3, -0.25) is 14.5 Å². The van der Waals surface area contributed by atoms with Crippen LogP contribution < -0.4 is 11.1 Å². The van der Waals surface area contributed by atoms with Gasteiger partial charge in [0.15, 0.2) is 0 Å². The molecule has 0 spiro atoms. The number of rotatable bonds is 6. The van der Waals surface area contributed by atoms with Gasteiger partial charge in [-0.05, 0) is 62.4 Å². The summed E-state index contributed by atoms with van der Waals surface area (Å²) in [5.74, 6) is 0.304. The van der Waals surface area contributed by atoms with Crippen LogP contribution in [-0.2, 0) is 16.1 Å². The number of piperidine rings is 1. The van der Waals surface area contributed by atoms with E-state index in [1.807, 2.05) is 18.2 Å². The molecule has 3 rings (SSSR count). The maximum absolute atomic E-state index is 12.2. The molecule has 1 aromatic rings. The first-order valence-corrected chi connectivity index (χ1v) is 9.17. The van der Waals surface area contributed by atoms with Crippen LogP contribution in [0.5, 0.6) is 0 Å². The molecule has 2 aliphatic rings. The summed E-state index contributed by atoms with van der Waals surface area (Å²) in [6.45, 7) is 2.61. The second-order valence-corrected chi connectivity index (χ2v) is 7.17. The van der Waals surface area contributed by atoms with Crippen LogP contribution in [0.15, 0.2) is 36.4 Å². The Morgan fingerprint density at radius 1 is 1.20 bits per heavy atom. The topological polar surface area (TPSA) is 75.4 Å². The zero-order chi connectivity index (χ0) is 17.6. The van der Waals surface area contributed by atoms with Gasteiger partial charge < -0.3 is 11.1 Å². The molecule has 1 atom stereocenters. The summed E-state index contributed by atoms with van der Waals surface area (Å²) in [6.07, 6.45) is 8.68. The van der Waals surface area contributed by atoms with Gasteiger partial charge in [-0.2, -0.15) is 0 Å². The van der Waals surface area contributed by atoms with Gasteiger partial charge in [-0.1, -0.05) is 24.3 Å². The third kappa shape index (κ3) is 5.16. The summed E-state index contributed by atoms with van der Waals surface area (Å²) in [5, 5.41) is 3.02. The van der Waals surface area contributed by atoms with E-state index in [1.54, 1.807) is 0 Å². The summed E-state index contributed by atoms with van der Waals surface area (Å²) < 4.78 is 0. The SMILES string of the molecule is NC(=O)C1CCN(Cc2cccc(NC(=O)C[C@H]3C=CCC3)c2)CC1. The van der Waals surface area contributed by atoms with Crippen molar-refractivity contribution < 1.29 is 9.59 Å². The number of nitrogens with one attached hydrogen (secondary N) is 1. The summed E-state index contributed by atoms with van der Waals surface area (Å²) >= 11 is 0. The first-order chi connectivity index (χ1) is 12.1. The summed E-state index contributed by atoms with van der Waals surface area (Å²) in [7, 11) is 0. The van der Waals surface area contributed by atoms with E-state index in [1.165, 1.54) is 5.56 Å². The number of benzene rings is 1. The zero-order valence-corrected chi connectivity index (χ0v) is 14.6.